The van der Waals surface area contributed by atoms with Crippen LogP contribution in [0.5, 0.6) is 0 Å². The Hall–Kier alpha value is -4.70. The molecule has 6 aromatic rings. The molecule has 4 heteroatoms. The van der Waals surface area contributed by atoms with E-state index in [4.69, 9.17) is 4.42 Å². The second-order valence-corrected chi connectivity index (χ2v) is 31.0. The van der Waals surface area contributed by atoms with Crippen LogP contribution >= 0.6 is 0 Å². The predicted octanol–water partition coefficient (Wildman–Crippen LogP) is 17.7. The van der Waals surface area contributed by atoms with Crippen molar-refractivity contribution >= 4 is 68.4 Å². The number of rotatable bonds is 2. The number of hydrogen-bond donors (Lipinski definition) is 0. The molecule has 0 saturated heterocycles. The van der Waals surface area contributed by atoms with Crippen molar-refractivity contribution in [2.75, 3.05) is 9.80 Å². The van der Waals surface area contributed by atoms with E-state index >= 15 is 0 Å². The van der Waals surface area contributed by atoms with Crippen LogP contribution in [0.3, 0.4) is 0 Å². The minimum Gasteiger partial charge on any atom is -0.468 e. The van der Waals surface area contributed by atoms with Crippen molar-refractivity contribution in [1.29, 1.82) is 0 Å². The van der Waals surface area contributed by atoms with E-state index in [-0.39, 0.29) is 55.4 Å². The van der Waals surface area contributed by atoms with Crippen molar-refractivity contribution in [3.63, 3.8) is 0 Å². The minimum atomic E-state index is -0.151. The molecule has 0 fully saturated rings. The first-order valence-electron chi connectivity index (χ1n) is 27.7. The summed E-state index contributed by atoms with van der Waals surface area (Å²) in [5.74, 6) is 0. The van der Waals surface area contributed by atoms with E-state index in [9.17, 15) is 0 Å². The van der Waals surface area contributed by atoms with Gasteiger partial charge in [-0.1, -0.05) is 177 Å². The van der Waals surface area contributed by atoms with E-state index in [1.54, 1.807) is 0 Å². The van der Waals surface area contributed by atoms with E-state index < -0.39 is 0 Å². The molecule has 1 aromatic heterocycles. The van der Waals surface area contributed by atoms with Gasteiger partial charge in [-0.25, -0.2) is 0 Å². The number of benzene rings is 5. The summed E-state index contributed by atoms with van der Waals surface area (Å²) in [4.78, 5) is 5.40. The van der Waals surface area contributed by atoms with Crippen LogP contribution in [-0.2, 0) is 48.7 Å². The molecule has 72 heavy (non-hydrogen) atoms. The van der Waals surface area contributed by atoms with Crippen LogP contribution in [0.1, 0.15) is 235 Å². The molecule has 3 heterocycles. The van der Waals surface area contributed by atoms with Gasteiger partial charge in [-0.2, -0.15) is 0 Å². The smallest absolute Gasteiger partial charge is 0.297 e. The molecule has 0 N–H and O–H groups in total. The number of nitrogens with zero attached hydrogens (tertiary/aromatic N) is 2. The Kier molecular flexibility index (Phi) is 10.9. The Bertz CT molecular complexity index is 3160. The lowest BCUT2D eigenvalue weighted by Crippen LogP contribution is -2.61. The lowest BCUT2D eigenvalue weighted by molar-refractivity contribution is 0.332. The predicted molar refractivity (Wildman–Crippen MR) is 314 cm³/mol. The zero-order valence-corrected chi connectivity index (χ0v) is 49.1. The second-order valence-electron chi connectivity index (χ2n) is 31.0. The molecule has 0 saturated carbocycles. The first-order chi connectivity index (χ1) is 32.8. The van der Waals surface area contributed by atoms with Crippen molar-refractivity contribution in [3.05, 3.63) is 123 Å². The third-order valence-corrected chi connectivity index (χ3v) is 18.3. The second kappa shape index (κ2) is 15.4. The monoisotopic (exact) mass is 961 g/mol. The highest BCUT2D eigenvalue weighted by molar-refractivity contribution is 7.00. The van der Waals surface area contributed by atoms with Gasteiger partial charge in [-0.3, -0.25) is 0 Å². The molecule has 0 atom stereocenters. The minimum absolute atomic E-state index is 0.0137. The molecular formula is C68H89BN2O. The zero-order valence-electron chi connectivity index (χ0n) is 49.1. The van der Waals surface area contributed by atoms with Crippen LogP contribution in [0.25, 0.3) is 11.0 Å². The molecule has 10 rings (SSSR count). The zero-order chi connectivity index (χ0) is 52.8. The molecule has 380 valence electrons. The van der Waals surface area contributed by atoms with Crippen LogP contribution < -0.4 is 26.4 Å². The van der Waals surface area contributed by atoms with Crippen molar-refractivity contribution < 1.29 is 4.42 Å². The van der Waals surface area contributed by atoms with Gasteiger partial charge in [0, 0.05) is 33.8 Å². The summed E-state index contributed by atoms with van der Waals surface area (Å²) in [6.45, 7) is 55.3. The highest BCUT2D eigenvalue weighted by Gasteiger charge is 2.50. The maximum absolute atomic E-state index is 7.81. The first kappa shape index (κ1) is 50.8. The van der Waals surface area contributed by atoms with E-state index in [0.29, 0.717) is 0 Å². The Morgan fingerprint density at radius 1 is 0.389 bits per heavy atom. The molecule has 0 unspecified atom stereocenters. The van der Waals surface area contributed by atoms with Gasteiger partial charge in [0.25, 0.3) is 6.71 Å². The summed E-state index contributed by atoms with van der Waals surface area (Å²) in [7, 11) is 0. The Labute approximate surface area is 437 Å². The summed E-state index contributed by atoms with van der Waals surface area (Å²) in [6, 6.07) is 30.6. The third-order valence-electron chi connectivity index (χ3n) is 18.3. The van der Waals surface area contributed by atoms with E-state index in [1.165, 1.54) is 101 Å². The molecule has 5 aromatic carbocycles. The van der Waals surface area contributed by atoms with Gasteiger partial charge in [0.2, 0.25) is 0 Å². The van der Waals surface area contributed by atoms with Crippen LogP contribution in [0.2, 0.25) is 0 Å². The quantitative estimate of drug-likeness (QED) is 0.161. The number of hydrogen-bond acceptors (Lipinski definition) is 3. The average Bonchev–Trinajstić information content (AvgIpc) is 3.62. The number of furan rings is 1. The normalized spacial score (nSPS) is 18.9. The van der Waals surface area contributed by atoms with Gasteiger partial charge in [0.1, 0.15) is 5.58 Å². The highest BCUT2D eigenvalue weighted by Crippen LogP contribution is 2.55. The highest BCUT2D eigenvalue weighted by atomic mass is 16.3. The van der Waals surface area contributed by atoms with Crippen LogP contribution in [0, 0.1) is 0 Å². The molecule has 2 aliphatic heterocycles. The Morgan fingerprint density at radius 2 is 0.736 bits per heavy atom. The van der Waals surface area contributed by atoms with Gasteiger partial charge in [0.15, 0.2) is 0 Å². The van der Waals surface area contributed by atoms with Crippen molar-refractivity contribution in [2.45, 2.75) is 234 Å². The fraction of sp³-hybridized carbons (Fsp3) is 0.529. The molecule has 2 aliphatic carbocycles. The largest absolute Gasteiger partial charge is 0.468 e. The van der Waals surface area contributed by atoms with Gasteiger partial charge >= 0.3 is 0 Å². The van der Waals surface area contributed by atoms with Gasteiger partial charge < -0.3 is 14.2 Å². The summed E-state index contributed by atoms with van der Waals surface area (Å²) in [5, 5.41) is 1.22. The molecular weight excluding hydrogens is 872 g/mol. The lowest BCUT2D eigenvalue weighted by Gasteiger charge is -2.47. The third kappa shape index (κ3) is 8.04. The van der Waals surface area contributed by atoms with Crippen LogP contribution in [0.15, 0.2) is 77.2 Å². The van der Waals surface area contributed by atoms with Gasteiger partial charge in [-0.05, 0) is 190 Å². The number of anilines is 6. The van der Waals surface area contributed by atoms with Crippen LogP contribution in [0.4, 0.5) is 34.1 Å². The lowest BCUT2D eigenvalue weighted by atomic mass is 9.35. The van der Waals surface area contributed by atoms with Crippen LogP contribution in [-0.4, -0.2) is 6.71 Å². The van der Waals surface area contributed by atoms with Crippen molar-refractivity contribution in [3.8, 4) is 0 Å². The summed E-state index contributed by atoms with van der Waals surface area (Å²) >= 11 is 0. The standard InChI is InChI=1S/C68H89BN2O/c1-60(2,3)40-28-41(61(4,5)6)31-45(30-40)70-53-38-50-49(66(18,19)25-26-67(50,20)21)37-52(53)69-57-54(70)34-44(64(13,14)15)35-55(57)71(46-32-42(62(7,8)9)29-43(33-46)63(10,11)12)58-47-36-48-51(39-56(47)72-59(58)69)68(22,23)27-24-65(48,16)17/h28-39H,24-27H2,1-23H3. The van der Waals surface area contributed by atoms with Crippen molar-refractivity contribution in [2.24, 2.45) is 0 Å². The summed E-state index contributed by atoms with van der Waals surface area (Å²) in [6.07, 6.45) is 4.62. The molecule has 4 aliphatic rings. The topological polar surface area (TPSA) is 19.6 Å². The van der Waals surface area contributed by atoms with Gasteiger partial charge in [-0.15, -0.1) is 0 Å². The fourth-order valence-electron chi connectivity index (χ4n) is 12.8. The molecule has 0 amide bonds. The van der Waals surface area contributed by atoms with Crippen molar-refractivity contribution in [1.82, 2.24) is 0 Å². The maximum Gasteiger partial charge on any atom is 0.297 e. The van der Waals surface area contributed by atoms with Gasteiger partial charge in [0.05, 0.1) is 11.3 Å². The molecule has 3 nitrogen and oxygen atoms in total. The summed E-state index contributed by atoms with van der Waals surface area (Å²) in [5.41, 5.74) is 24.5. The maximum atomic E-state index is 7.81. The summed E-state index contributed by atoms with van der Waals surface area (Å²) < 4.78 is 7.81. The number of fused-ring (bicyclic) bond motifs is 8. The average molecular weight is 961 g/mol. The SMILES string of the molecule is CC(C)(C)c1cc(N2c3cc4c(cc3B3c5oc6cc7c(cc6c5N(c5cc(C(C)(C)C)cc(C(C)(C)C)c5)c5cc(C(C)(C)C)cc2c53)C(C)(C)CCC7(C)C)C(C)(C)CCC4(C)C)cc(C(C)(C)C)c1. The molecule has 0 radical (unpaired) electrons. The molecule has 0 bridgehead atoms. The fourth-order valence-corrected chi connectivity index (χ4v) is 12.8. The molecule has 0 spiro atoms. The first-order valence-corrected chi connectivity index (χ1v) is 27.7. The Morgan fingerprint density at radius 3 is 1.15 bits per heavy atom. The Balaban J connectivity index is 1.43. The van der Waals surface area contributed by atoms with E-state index in [0.717, 1.165) is 36.9 Å². The van der Waals surface area contributed by atoms with E-state index in [1.807, 2.05) is 0 Å². The van der Waals surface area contributed by atoms with E-state index in [2.05, 4.69) is 242 Å².